The number of hydrogen-bond donors (Lipinski definition) is 1. The lowest BCUT2D eigenvalue weighted by Gasteiger charge is -2.32. The minimum atomic E-state index is -0.463. The van der Waals surface area contributed by atoms with Gasteiger partial charge in [0, 0.05) is 35.5 Å². The second kappa shape index (κ2) is 5.69. The maximum atomic E-state index is 12.4. The first-order chi connectivity index (χ1) is 11.0. The Labute approximate surface area is 133 Å². The zero-order valence-electron chi connectivity index (χ0n) is 12.6. The molecule has 2 aliphatic rings. The molecule has 3 rings (SSSR count). The smallest absolute Gasteiger partial charge is 0.269 e. The summed E-state index contributed by atoms with van der Waals surface area (Å²) in [5.74, 6) is -0.396. The highest BCUT2D eigenvalue weighted by Gasteiger charge is 2.35. The van der Waals surface area contributed by atoms with Crippen LogP contribution in [-0.4, -0.2) is 10.7 Å². The number of nitro benzene ring substituents is 1. The van der Waals surface area contributed by atoms with E-state index in [1.54, 1.807) is 12.1 Å². The van der Waals surface area contributed by atoms with E-state index in [9.17, 15) is 20.2 Å². The number of ketones is 1. The summed E-state index contributed by atoms with van der Waals surface area (Å²) in [6, 6.07) is 8.27. The fourth-order valence-corrected chi connectivity index (χ4v) is 3.25. The van der Waals surface area contributed by atoms with E-state index in [2.05, 4.69) is 11.4 Å². The van der Waals surface area contributed by atoms with Crippen molar-refractivity contribution in [1.29, 1.82) is 5.26 Å². The molecule has 0 radical (unpaired) electrons. The predicted octanol–water partition coefficient (Wildman–Crippen LogP) is 3.09. The summed E-state index contributed by atoms with van der Waals surface area (Å²) in [5, 5.41) is 23.5. The SMILES string of the molecule is CC1=C(C#N)[C@H](c2ccc([N+](=O)[O-])cc2)C2=C(CCCC2=O)N1. The van der Waals surface area contributed by atoms with E-state index in [4.69, 9.17) is 0 Å². The molecule has 1 aliphatic carbocycles. The van der Waals surface area contributed by atoms with Crippen LogP contribution < -0.4 is 5.32 Å². The van der Waals surface area contributed by atoms with Crippen LogP contribution in [0.2, 0.25) is 0 Å². The van der Waals surface area contributed by atoms with Crippen LogP contribution in [0.4, 0.5) is 5.69 Å². The highest BCUT2D eigenvalue weighted by molar-refractivity contribution is 5.99. The summed E-state index contributed by atoms with van der Waals surface area (Å²) >= 11 is 0. The molecular weight excluding hydrogens is 294 g/mol. The van der Waals surface area contributed by atoms with Crippen LogP contribution in [0.1, 0.15) is 37.7 Å². The first kappa shape index (κ1) is 15.0. The predicted molar refractivity (Wildman–Crippen MR) is 83.2 cm³/mol. The summed E-state index contributed by atoms with van der Waals surface area (Å²) in [5.41, 5.74) is 3.47. The molecule has 1 aliphatic heterocycles. The second-order valence-corrected chi connectivity index (χ2v) is 5.73. The molecule has 6 nitrogen and oxygen atoms in total. The van der Waals surface area contributed by atoms with Crippen molar-refractivity contribution in [2.24, 2.45) is 0 Å². The summed E-state index contributed by atoms with van der Waals surface area (Å²) in [6.07, 6.45) is 2.05. The summed E-state index contributed by atoms with van der Waals surface area (Å²) < 4.78 is 0. The minimum absolute atomic E-state index is 0.00827. The molecule has 6 heteroatoms. The van der Waals surface area contributed by atoms with E-state index in [-0.39, 0.29) is 11.5 Å². The van der Waals surface area contributed by atoms with Gasteiger partial charge >= 0.3 is 0 Å². The Balaban J connectivity index is 2.13. The molecule has 0 bridgehead atoms. The Morgan fingerprint density at radius 2 is 2.00 bits per heavy atom. The number of nitro groups is 1. The Morgan fingerprint density at radius 3 is 2.61 bits per heavy atom. The van der Waals surface area contributed by atoms with Crippen molar-refractivity contribution in [3.63, 3.8) is 0 Å². The Morgan fingerprint density at radius 1 is 1.30 bits per heavy atom. The minimum Gasteiger partial charge on any atom is -0.361 e. The third-order valence-corrected chi connectivity index (χ3v) is 4.33. The second-order valence-electron chi connectivity index (χ2n) is 5.73. The third-order valence-electron chi connectivity index (χ3n) is 4.33. The Hall–Kier alpha value is -2.94. The average Bonchev–Trinajstić information content (AvgIpc) is 2.54. The Bertz CT molecular complexity index is 797. The number of rotatable bonds is 2. The quantitative estimate of drug-likeness (QED) is 0.669. The van der Waals surface area contributed by atoms with E-state index in [0.717, 1.165) is 29.8 Å². The van der Waals surface area contributed by atoms with E-state index >= 15 is 0 Å². The van der Waals surface area contributed by atoms with Crippen LogP contribution in [-0.2, 0) is 4.79 Å². The third kappa shape index (κ3) is 2.50. The summed E-state index contributed by atoms with van der Waals surface area (Å²) in [7, 11) is 0. The molecule has 0 aromatic heterocycles. The fourth-order valence-electron chi connectivity index (χ4n) is 3.25. The van der Waals surface area contributed by atoms with E-state index in [0.29, 0.717) is 17.6 Å². The van der Waals surface area contributed by atoms with Gasteiger partial charge < -0.3 is 5.32 Å². The number of dihydropyridines is 1. The molecule has 1 N–H and O–H groups in total. The molecule has 0 saturated heterocycles. The van der Waals surface area contributed by atoms with Gasteiger partial charge in [-0.2, -0.15) is 5.26 Å². The number of Topliss-reactive ketones (excluding diaryl/α,β-unsaturated/α-hetero) is 1. The maximum Gasteiger partial charge on any atom is 0.269 e. The van der Waals surface area contributed by atoms with Crippen molar-refractivity contribution in [2.45, 2.75) is 32.1 Å². The lowest BCUT2D eigenvalue weighted by Crippen LogP contribution is -2.31. The van der Waals surface area contributed by atoms with Gasteiger partial charge in [-0.15, -0.1) is 0 Å². The number of nitrogens with one attached hydrogen (secondary N) is 1. The van der Waals surface area contributed by atoms with E-state index < -0.39 is 10.8 Å². The molecule has 0 unspecified atom stereocenters. The fraction of sp³-hybridized carbons (Fsp3) is 0.294. The lowest BCUT2D eigenvalue weighted by molar-refractivity contribution is -0.384. The van der Waals surface area contributed by atoms with Crippen LogP contribution in [0, 0.1) is 21.4 Å². The number of carbonyl (C=O) groups excluding carboxylic acids is 1. The van der Waals surface area contributed by atoms with Gasteiger partial charge in [-0.25, -0.2) is 0 Å². The van der Waals surface area contributed by atoms with Crippen molar-refractivity contribution in [3.05, 3.63) is 62.5 Å². The van der Waals surface area contributed by atoms with E-state index in [1.807, 2.05) is 6.92 Å². The van der Waals surface area contributed by atoms with Crippen LogP contribution >= 0.6 is 0 Å². The zero-order chi connectivity index (χ0) is 16.6. The number of nitriles is 1. The Kier molecular flexibility index (Phi) is 3.70. The molecule has 0 amide bonds. The number of carbonyl (C=O) groups is 1. The van der Waals surface area contributed by atoms with Gasteiger partial charge in [0.1, 0.15) is 0 Å². The van der Waals surface area contributed by atoms with Crippen LogP contribution in [0.5, 0.6) is 0 Å². The molecule has 1 atom stereocenters. The summed E-state index contributed by atoms with van der Waals surface area (Å²) in [6.45, 7) is 1.82. The molecule has 0 saturated carbocycles. The normalized spacial score (nSPS) is 20.7. The molecule has 23 heavy (non-hydrogen) atoms. The largest absolute Gasteiger partial charge is 0.361 e. The number of benzene rings is 1. The monoisotopic (exact) mass is 309 g/mol. The zero-order valence-corrected chi connectivity index (χ0v) is 12.6. The van der Waals surface area contributed by atoms with Crippen molar-refractivity contribution >= 4 is 11.5 Å². The van der Waals surface area contributed by atoms with Crippen molar-refractivity contribution < 1.29 is 9.72 Å². The highest BCUT2D eigenvalue weighted by atomic mass is 16.6. The molecule has 116 valence electrons. The lowest BCUT2D eigenvalue weighted by atomic mass is 9.75. The van der Waals surface area contributed by atoms with Crippen LogP contribution in [0.3, 0.4) is 0 Å². The van der Waals surface area contributed by atoms with Gasteiger partial charge in [-0.1, -0.05) is 12.1 Å². The van der Waals surface area contributed by atoms with Crippen molar-refractivity contribution in [3.8, 4) is 6.07 Å². The molecular formula is C17H15N3O3. The molecule has 0 fully saturated rings. The molecule has 0 spiro atoms. The van der Waals surface area contributed by atoms with Gasteiger partial charge in [0.25, 0.3) is 5.69 Å². The van der Waals surface area contributed by atoms with Gasteiger partial charge in [0.05, 0.1) is 22.5 Å². The van der Waals surface area contributed by atoms with Crippen molar-refractivity contribution in [2.75, 3.05) is 0 Å². The van der Waals surface area contributed by atoms with Gasteiger partial charge in [-0.3, -0.25) is 14.9 Å². The van der Waals surface area contributed by atoms with Gasteiger partial charge in [0.2, 0.25) is 0 Å². The van der Waals surface area contributed by atoms with Crippen LogP contribution in [0.15, 0.2) is 46.8 Å². The molecule has 1 heterocycles. The van der Waals surface area contributed by atoms with Crippen molar-refractivity contribution in [1.82, 2.24) is 5.32 Å². The van der Waals surface area contributed by atoms with Crippen LogP contribution in [0.25, 0.3) is 0 Å². The van der Waals surface area contributed by atoms with E-state index in [1.165, 1.54) is 12.1 Å². The standard InChI is InChI=1S/C17H15N3O3/c1-10-13(9-18)16(11-5-7-12(8-6-11)20(22)23)17-14(19-10)3-2-4-15(17)21/h5-8,16,19H,2-4H2,1H3/t16-/m0/s1. The maximum absolute atomic E-state index is 12.4. The number of hydrogen-bond acceptors (Lipinski definition) is 5. The topological polar surface area (TPSA) is 96.0 Å². The highest BCUT2D eigenvalue weighted by Crippen LogP contribution is 2.41. The van der Waals surface area contributed by atoms with Gasteiger partial charge in [-0.05, 0) is 25.3 Å². The average molecular weight is 309 g/mol. The first-order valence-electron chi connectivity index (χ1n) is 7.41. The molecule has 1 aromatic rings. The summed E-state index contributed by atoms with van der Waals surface area (Å²) in [4.78, 5) is 22.8. The molecule has 1 aromatic carbocycles. The number of non-ortho nitro benzene ring substituents is 1. The first-order valence-corrected chi connectivity index (χ1v) is 7.41. The number of allylic oxidation sites excluding steroid dienone is 4. The van der Waals surface area contributed by atoms with Gasteiger partial charge in [0.15, 0.2) is 5.78 Å². The number of nitrogens with zero attached hydrogens (tertiary/aromatic N) is 2.